The van der Waals surface area contributed by atoms with E-state index in [-0.39, 0.29) is 5.69 Å². The van der Waals surface area contributed by atoms with Crippen LogP contribution in [-0.2, 0) is 10.3 Å². The normalized spacial score (nSPS) is 11.3. The third kappa shape index (κ3) is 3.44. The average Bonchev–Trinajstić information content (AvgIpc) is 1.93. The summed E-state index contributed by atoms with van der Waals surface area (Å²) in [6, 6.07) is 3.89. The molecule has 4 nitrogen and oxygen atoms in total. The van der Waals surface area contributed by atoms with Crippen molar-refractivity contribution < 1.29 is 17.4 Å². The van der Waals surface area contributed by atoms with Crippen LogP contribution in [0, 0.1) is 9.39 Å². The van der Waals surface area contributed by atoms with Gasteiger partial charge in [-0.2, -0.15) is 8.42 Å². The summed E-state index contributed by atoms with van der Waals surface area (Å²) in [6.45, 7) is 0. The van der Waals surface area contributed by atoms with E-state index in [0.717, 1.165) is 6.07 Å². The van der Waals surface area contributed by atoms with E-state index in [4.69, 9.17) is 4.55 Å². The lowest BCUT2D eigenvalue weighted by molar-refractivity contribution is 0.489. The zero-order valence-corrected chi connectivity index (χ0v) is 9.13. The van der Waals surface area contributed by atoms with Crippen LogP contribution in [0.4, 0.5) is 10.1 Å². The molecule has 0 radical (unpaired) electrons. The van der Waals surface area contributed by atoms with E-state index in [1.165, 1.54) is 12.1 Å². The summed E-state index contributed by atoms with van der Waals surface area (Å²) >= 11 is 1.88. The highest BCUT2D eigenvalue weighted by Gasteiger charge is 2.08. The molecular weight excluding hydrogens is 312 g/mol. The fourth-order valence-electron chi connectivity index (χ4n) is 0.711. The summed E-state index contributed by atoms with van der Waals surface area (Å²) in [5, 5.41) is 0. The highest BCUT2D eigenvalue weighted by molar-refractivity contribution is 14.1. The van der Waals surface area contributed by atoms with E-state index in [1.54, 1.807) is 4.72 Å². The second-order valence-corrected chi connectivity index (χ2v) is 4.60. The van der Waals surface area contributed by atoms with Gasteiger partial charge in [0.15, 0.2) is 0 Å². The van der Waals surface area contributed by atoms with E-state index in [2.05, 4.69) is 0 Å². The fourth-order valence-corrected chi connectivity index (χ4v) is 1.61. The Hall–Kier alpha value is -0.410. The van der Waals surface area contributed by atoms with Gasteiger partial charge in [0, 0.05) is 3.57 Å². The number of hydrogen-bond donors (Lipinski definition) is 2. The molecule has 7 heteroatoms. The van der Waals surface area contributed by atoms with Gasteiger partial charge in [-0.1, -0.05) is 0 Å². The molecule has 0 aliphatic rings. The predicted octanol–water partition coefficient (Wildman–Crippen LogP) is 1.65. The van der Waals surface area contributed by atoms with Crippen molar-refractivity contribution in [3.63, 3.8) is 0 Å². The summed E-state index contributed by atoms with van der Waals surface area (Å²) in [5.41, 5.74) is -0.275. The van der Waals surface area contributed by atoms with Crippen molar-refractivity contribution in [2.24, 2.45) is 0 Å². The zero-order chi connectivity index (χ0) is 10.1. The molecular formula is C6H5FINO3S. The van der Waals surface area contributed by atoms with Crippen LogP contribution in [0.3, 0.4) is 0 Å². The summed E-state index contributed by atoms with van der Waals surface area (Å²) < 4.78 is 44.2. The number of hydrogen-bond acceptors (Lipinski definition) is 2. The van der Waals surface area contributed by atoms with Crippen molar-refractivity contribution in [3.05, 3.63) is 27.6 Å². The van der Waals surface area contributed by atoms with Crippen LogP contribution >= 0.6 is 22.6 Å². The molecule has 0 aromatic heterocycles. The second-order valence-electron chi connectivity index (χ2n) is 2.20. The highest BCUT2D eigenvalue weighted by atomic mass is 127. The summed E-state index contributed by atoms with van der Waals surface area (Å²) in [4.78, 5) is 0. The molecule has 13 heavy (non-hydrogen) atoms. The first-order valence-electron chi connectivity index (χ1n) is 3.09. The van der Waals surface area contributed by atoms with Gasteiger partial charge in [0.2, 0.25) is 0 Å². The van der Waals surface area contributed by atoms with Crippen LogP contribution in [0.15, 0.2) is 18.2 Å². The molecule has 1 aromatic carbocycles. The average molecular weight is 317 g/mol. The van der Waals surface area contributed by atoms with Crippen molar-refractivity contribution in [2.75, 3.05) is 4.72 Å². The Kier molecular flexibility index (Phi) is 3.09. The van der Waals surface area contributed by atoms with Crippen LogP contribution in [0.2, 0.25) is 0 Å². The van der Waals surface area contributed by atoms with Crippen LogP contribution < -0.4 is 4.72 Å². The summed E-state index contributed by atoms with van der Waals surface area (Å²) in [6.07, 6.45) is 0. The van der Waals surface area contributed by atoms with Crippen LogP contribution in [0.5, 0.6) is 0 Å². The van der Waals surface area contributed by atoms with Gasteiger partial charge in [-0.15, -0.1) is 0 Å². The van der Waals surface area contributed by atoms with Crippen LogP contribution in [0.25, 0.3) is 0 Å². The minimum absolute atomic E-state index is 0.275. The maximum atomic E-state index is 12.9. The minimum Gasteiger partial charge on any atom is -0.269 e. The van der Waals surface area contributed by atoms with E-state index in [0.29, 0.717) is 3.57 Å². The number of benzene rings is 1. The van der Waals surface area contributed by atoms with Crippen molar-refractivity contribution in [1.29, 1.82) is 0 Å². The Morgan fingerprint density at radius 2 is 2.08 bits per heavy atom. The Balaban J connectivity index is 3.04. The molecule has 0 bridgehead atoms. The molecule has 0 spiro atoms. The molecule has 0 aliphatic carbocycles. The summed E-state index contributed by atoms with van der Waals surface area (Å²) in [7, 11) is -4.40. The third-order valence-electron chi connectivity index (χ3n) is 1.17. The molecule has 0 heterocycles. The maximum absolute atomic E-state index is 12.9. The molecule has 0 saturated carbocycles. The lowest BCUT2D eigenvalue weighted by Crippen LogP contribution is -2.11. The van der Waals surface area contributed by atoms with Crippen molar-refractivity contribution >= 4 is 38.6 Å². The van der Waals surface area contributed by atoms with Crippen molar-refractivity contribution in [2.45, 2.75) is 0 Å². The van der Waals surface area contributed by atoms with Crippen molar-refractivity contribution in [1.82, 2.24) is 0 Å². The Morgan fingerprint density at radius 3 is 2.54 bits per heavy atom. The van der Waals surface area contributed by atoms with Crippen molar-refractivity contribution in [3.8, 4) is 0 Å². The highest BCUT2D eigenvalue weighted by Crippen LogP contribution is 2.17. The maximum Gasteiger partial charge on any atom is 0.357 e. The van der Waals surface area contributed by atoms with E-state index < -0.39 is 16.1 Å². The molecule has 0 aliphatic heterocycles. The quantitative estimate of drug-likeness (QED) is 0.644. The number of nitrogens with one attached hydrogen (secondary N) is 1. The predicted molar refractivity (Wildman–Crippen MR) is 54.3 cm³/mol. The SMILES string of the molecule is O=S(=O)(O)Nc1ccc(I)cc1F. The lowest BCUT2D eigenvalue weighted by Gasteiger charge is -2.03. The third-order valence-corrected chi connectivity index (χ3v) is 2.32. The Labute approximate surface area is 88.2 Å². The first kappa shape index (κ1) is 10.7. The Bertz CT molecular complexity index is 420. The molecule has 2 N–H and O–H groups in total. The minimum atomic E-state index is -4.40. The molecule has 72 valence electrons. The second kappa shape index (κ2) is 3.76. The van der Waals surface area contributed by atoms with Crippen LogP contribution in [0.1, 0.15) is 0 Å². The van der Waals surface area contributed by atoms with Gasteiger partial charge in [-0.3, -0.25) is 9.27 Å². The molecule has 0 atom stereocenters. The van der Waals surface area contributed by atoms with E-state index in [1.807, 2.05) is 22.6 Å². The lowest BCUT2D eigenvalue weighted by atomic mass is 10.3. The number of anilines is 1. The molecule has 1 aromatic rings. The first-order valence-corrected chi connectivity index (χ1v) is 5.60. The molecule has 1 rings (SSSR count). The largest absolute Gasteiger partial charge is 0.357 e. The molecule has 0 amide bonds. The van der Waals surface area contributed by atoms with E-state index >= 15 is 0 Å². The number of halogens is 2. The molecule has 0 saturated heterocycles. The van der Waals surface area contributed by atoms with Gasteiger partial charge in [0.25, 0.3) is 0 Å². The van der Waals surface area contributed by atoms with Gasteiger partial charge in [-0.25, -0.2) is 4.39 Å². The van der Waals surface area contributed by atoms with Gasteiger partial charge in [0.05, 0.1) is 5.69 Å². The number of rotatable bonds is 2. The van der Waals surface area contributed by atoms with Gasteiger partial charge in [0.1, 0.15) is 5.82 Å². The standard InChI is InChI=1S/C6H5FINO3S/c7-5-3-4(8)1-2-6(5)9-13(10,11)12/h1-3,9H,(H,10,11,12). The first-order chi connectivity index (χ1) is 5.88. The zero-order valence-electron chi connectivity index (χ0n) is 6.16. The fraction of sp³-hybridized carbons (Fsp3) is 0. The topological polar surface area (TPSA) is 66.4 Å². The monoisotopic (exact) mass is 317 g/mol. The molecule has 0 fully saturated rings. The van der Waals surface area contributed by atoms with E-state index in [9.17, 15) is 12.8 Å². The van der Waals surface area contributed by atoms with Crippen LogP contribution in [-0.4, -0.2) is 13.0 Å². The smallest absolute Gasteiger partial charge is 0.269 e. The molecule has 0 unspecified atom stereocenters. The van der Waals surface area contributed by atoms with Gasteiger partial charge >= 0.3 is 10.3 Å². The summed E-state index contributed by atoms with van der Waals surface area (Å²) in [5.74, 6) is -0.732. The van der Waals surface area contributed by atoms with Gasteiger partial charge in [-0.05, 0) is 40.8 Å². The van der Waals surface area contributed by atoms with Gasteiger partial charge < -0.3 is 0 Å². The Morgan fingerprint density at radius 1 is 1.46 bits per heavy atom.